The van der Waals surface area contributed by atoms with Crippen LogP contribution < -0.4 is 9.47 Å². The number of nitrogens with zero attached hydrogens (tertiary/aromatic N) is 1. The summed E-state index contributed by atoms with van der Waals surface area (Å²) in [5.74, 6) is 2.16. The van der Waals surface area contributed by atoms with E-state index in [9.17, 15) is 0 Å². The van der Waals surface area contributed by atoms with Gasteiger partial charge in [-0.15, -0.1) is 0 Å². The van der Waals surface area contributed by atoms with E-state index < -0.39 is 0 Å². The van der Waals surface area contributed by atoms with E-state index in [1.54, 1.807) is 7.11 Å². The van der Waals surface area contributed by atoms with Crippen LogP contribution in [0.25, 0.3) is 0 Å². The van der Waals surface area contributed by atoms with Crippen LogP contribution in [0.5, 0.6) is 11.5 Å². The van der Waals surface area contributed by atoms with Crippen molar-refractivity contribution in [3.8, 4) is 11.5 Å². The van der Waals surface area contributed by atoms with Crippen LogP contribution in [0.15, 0.2) is 24.3 Å². The monoisotopic (exact) mass is 335 g/mol. The first-order chi connectivity index (χ1) is 11.8. The van der Waals surface area contributed by atoms with Gasteiger partial charge in [-0.1, -0.05) is 18.6 Å². The highest BCUT2D eigenvalue weighted by Gasteiger charge is 2.38. The van der Waals surface area contributed by atoms with Gasteiger partial charge in [0.1, 0.15) is 6.61 Å². The summed E-state index contributed by atoms with van der Waals surface area (Å²) in [5, 5.41) is 0. The van der Waals surface area contributed by atoms with Crippen molar-refractivity contribution >= 4 is 0 Å². The average Bonchev–Trinajstić information content (AvgIpc) is 3.11. The number of para-hydroxylation sites is 2. The van der Waals surface area contributed by atoms with Crippen molar-refractivity contribution in [2.45, 2.75) is 31.4 Å². The van der Waals surface area contributed by atoms with Crippen molar-refractivity contribution in [3.05, 3.63) is 24.3 Å². The van der Waals surface area contributed by atoms with E-state index in [0.29, 0.717) is 24.7 Å². The van der Waals surface area contributed by atoms with Crippen LogP contribution in [0.1, 0.15) is 19.3 Å². The molecule has 5 heteroatoms. The molecule has 2 fully saturated rings. The highest BCUT2D eigenvalue weighted by atomic mass is 16.5. The van der Waals surface area contributed by atoms with E-state index in [1.165, 1.54) is 19.3 Å². The van der Waals surface area contributed by atoms with Gasteiger partial charge in [-0.3, -0.25) is 4.90 Å². The third-order valence-corrected chi connectivity index (χ3v) is 5.29. The topological polar surface area (TPSA) is 40.2 Å². The zero-order valence-electron chi connectivity index (χ0n) is 14.8. The first-order valence-corrected chi connectivity index (χ1v) is 8.94. The molecule has 1 aliphatic heterocycles. The first kappa shape index (κ1) is 17.5. The van der Waals surface area contributed by atoms with Crippen LogP contribution in [0, 0.1) is 5.92 Å². The Kier molecular flexibility index (Phi) is 6.35. The van der Waals surface area contributed by atoms with Crippen LogP contribution in [0.2, 0.25) is 0 Å². The maximum atomic E-state index is 5.96. The molecule has 1 saturated carbocycles. The third-order valence-electron chi connectivity index (χ3n) is 5.29. The van der Waals surface area contributed by atoms with Crippen molar-refractivity contribution < 1.29 is 18.9 Å². The Morgan fingerprint density at radius 3 is 2.79 bits per heavy atom. The fourth-order valence-electron chi connectivity index (χ4n) is 4.03. The predicted molar refractivity (Wildman–Crippen MR) is 92.8 cm³/mol. The number of rotatable bonds is 7. The van der Waals surface area contributed by atoms with Gasteiger partial charge < -0.3 is 18.9 Å². The Morgan fingerprint density at radius 2 is 2.00 bits per heavy atom. The van der Waals surface area contributed by atoms with Gasteiger partial charge in [0.25, 0.3) is 0 Å². The van der Waals surface area contributed by atoms with Crippen molar-refractivity contribution in [3.63, 3.8) is 0 Å². The zero-order chi connectivity index (χ0) is 16.8. The quantitative estimate of drug-likeness (QED) is 0.766. The predicted octanol–water partition coefficient (Wildman–Crippen LogP) is 2.59. The van der Waals surface area contributed by atoms with Crippen LogP contribution in [-0.2, 0) is 9.47 Å². The summed E-state index contributed by atoms with van der Waals surface area (Å²) in [4.78, 5) is 2.51. The zero-order valence-corrected chi connectivity index (χ0v) is 14.8. The molecule has 5 nitrogen and oxygen atoms in total. The molecule has 0 aromatic heterocycles. The molecule has 1 heterocycles. The highest BCUT2D eigenvalue weighted by Crippen LogP contribution is 2.34. The normalized spacial score (nSPS) is 28.0. The average molecular weight is 335 g/mol. The molecule has 0 bridgehead atoms. The van der Waals surface area contributed by atoms with Crippen LogP contribution in [-0.4, -0.2) is 64.2 Å². The lowest BCUT2D eigenvalue weighted by Crippen LogP contribution is -2.52. The summed E-state index contributed by atoms with van der Waals surface area (Å²) in [5.41, 5.74) is 0. The van der Waals surface area contributed by atoms with Gasteiger partial charge in [-0.05, 0) is 25.0 Å². The maximum absolute atomic E-state index is 5.96. The molecular formula is C19H29NO4. The molecule has 3 rings (SSSR count). The van der Waals surface area contributed by atoms with Gasteiger partial charge in [0.2, 0.25) is 0 Å². The molecule has 1 saturated heterocycles. The molecule has 134 valence electrons. The van der Waals surface area contributed by atoms with Crippen LogP contribution in [0.3, 0.4) is 0 Å². The van der Waals surface area contributed by atoms with Crippen molar-refractivity contribution in [1.29, 1.82) is 0 Å². The smallest absolute Gasteiger partial charge is 0.161 e. The molecule has 0 radical (unpaired) electrons. The van der Waals surface area contributed by atoms with Gasteiger partial charge in [-0.25, -0.2) is 0 Å². The maximum Gasteiger partial charge on any atom is 0.161 e. The van der Waals surface area contributed by atoms with E-state index >= 15 is 0 Å². The van der Waals surface area contributed by atoms with Crippen molar-refractivity contribution in [1.82, 2.24) is 4.90 Å². The summed E-state index contributed by atoms with van der Waals surface area (Å²) in [6.07, 6.45) is 4.03. The number of benzene rings is 1. The summed E-state index contributed by atoms with van der Waals surface area (Å²) >= 11 is 0. The number of hydrogen-bond donors (Lipinski definition) is 0. The fraction of sp³-hybridized carbons (Fsp3) is 0.684. The lowest BCUT2D eigenvalue weighted by Gasteiger charge is -2.40. The molecule has 0 spiro atoms. The molecule has 0 N–H and O–H groups in total. The molecule has 24 heavy (non-hydrogen) atoms. The standard InChI is InChI=1S/C19H29NO4/c1-21-17-9-5-6-15(17)16-14-23-12-10-20(16)11-13-24-19-8-4-3-7-18(19)22-2/h3-4,7-8,15-17H,5-6,9-14H2,1-2H3. The van der Waals surface area contributed by atoms with E-state index in [2.05, 4.69) is 4.90 Å². The Bertz CT molecular complexity index is 510. The molecule has 2 aliphatic rings. The summed E-state index contributed by atoms with van der Waals surface area (Å²) in [6, 6.07) is 8.24. The van der Waals surface area contributed by atoms with Gasteiger partial charge in [-0.2, -0.15) is 0 Å². The van der Waals surface area contributed by atoms with E-state index in [1.807, 2.05) is 31.4 Å². The number of hydrogen-bond acceptors (Lipinski definition) is 5. The first-order valence-electron chi connectivity index (χ1n) is 8.94. The third kappa shape index (κ3) is 4.02. The highest BCUT2D eigenvalue weighted by molar-refractivity contribution is 5.39. The molecule has 3 unspecified atom stereocenters. The number of ether oxygens (including phenoxy) is 4. The summed E-state index contributed by atoms with van der Waals surface area (Å²) < 4.78 is 22.8. The van der Waals surface area contributed by atoms with Gasteiger partial charge in [0.15, 0.2) is 11.5 Å². The Hall–Kier alpha value is -1.30. The van der Waals surface area contributed by atoms with Crippen LogP contribution >= 0.6 is 0 Å². The fourth-order valence-corrected chi connectivity index (χ4v) is 4.03. The minimum Gasteiger partial charge on any atom is -0.493 e. The lowest BCUT2D eigenvalue weighted by atomic mass is 9.94. The molecule has 1 aromatic carbocycles. The second-order valence-corrected chi connectivity index (χ2v) is 6.55. The largest absolute Gasteiger partial charge is 0.493 e. The van der Waals surface area contributed by atoms with Crippen LogP contribution in [0.4, 0.5) is 0 Å². The van der Waals surface area contributed by atoms with E-state index in [4.69, 9.17) is 18.9 Å². The second-order valence-electron chi connectivity index (χ2n) is 6.55. The molecule has 1 aliphatic carbocycles. The summed E-state index contributed by atoms with van der Waals surface area (Å²) in [7, 11) is 3.51. The van der Waals surface area contributed by atoms with Gasteiger partial charge in [0, 0.05) is 32.2 Å². The Labute approximate surface area is 144 Å². The van der Waals surface area contributed by atoms with Gasteiger partial charge >= 0.3 is 0 Å². The van der Waals surface area contributed by atoms with Gasteiger partial charge in [0.05, 0.1) is 26.4 Å². The van der Waals surface area contributed by atoms with E-state index in [0.717, 1.165) is 37.8 Å². The van der Waals surface area contributed by atoms with Crippen molar-refractivity contribution in [2.75, 3.05) is 47.1 Å². The molecular weight excluding hydrogens is 306 g/mol. The number of morpholine rings is 1. The lowest BCUT2D eigenvalue weighted by molar-refractivity contribution is -0.0603. The second kappa shape index (κ2) is 8.70. The minimum absolute atomic E-state index is 0.370. The Balaban J connectivity index is 1.56. The molecule has 3 atom stereocenters. The Morgan fingerprint density at radius 1 is 1.17 bits per heavy atom. The molecule has 1 aromatic rings. The summed E-state index contributed by atoms with van der Waals surface area (Å²) in [6.45, 7) is 4.13. The van der Waals surface area contributed by atoms with Crippen molar-refractivity contribution in [2.24, 2.45) is 5.92 Å². The SMILES string of the molecule is COc1ccccc1OCCN1CCOCC1C1CCCC1OC. The van der Waals surface area contributed by atoms with E-state index in [-0.39, 0.29) is 0 Å². The number of methoxy groups -OCH3 is 2. The molecule has 0 amide bonds. The minimum atomic E-state index is 0.370.